The van der Waals surface area contributed by atoms with Crippen molar-refractivity contribution in [3.05, 3.63) is 59.4 Å². The van der Waals surface area contributed by atoms with Crippen molar-refractivity contribution in [3.8, 4) is 11.3 Å². The van der Waals surface area contributed by atoms with Crippen molar-refractivity contribution in [2.75, 3.05) is 0 Å². The van der Waals surface area contributed by atoms with E-state index in [1.54, 1.807) is 6.07 Å². The molecule has 0 aliphatic carbocycles. The number of benzene rings is 1. The molecular weight excluding hydrogens is 272 g/mol. The Morgan fingerprint density at radius 3 is 2.77 bits per heavy atom. The Labute approximate surface area is 132 Å². The molecule has 0 bridgehead atoms. The smallest absolute Gasteiger partial charge is 0.227 e. The van der Waals surface area contributed by atoms with Gasteiger partial charge < -0.3 is 4.42 Å². The first-order valence-corrected chi connectivity index (χ1v) is 7.11. The third-order valence-corrected chi connectivity index (χ3v) is 4.01. The maximum Gasteiger partial charge on any atom is 0.227 e. The van der Waals surface area contributed by atoms with Gasteiger partial charge in [0.2, 0.25) is 5.71 Å². The molecule has 22 heavy (non-hydrogen) atoms. The summed E-state index contributed by atoms with van der Waals surface area (Å²) in [6.45, 7) is 1.81. The SMILES string of the molecule is [2H]C([2H])([2H])c1ccc2c(n1)oc1c(-c3cc(C)c(C)cn3)cccc12. The van der Waals surface area contributed by atoms with Gasteiger partial charge in [-0.1, -0.05) is 12.1 Å². The van der Waals surface area contributed by atoms with Crippen LogP contribution in [0.1, 0.15) is 20.9 Å². The zero-order valence-electron chi connectivity index (χ0n) is 15.3. The van der Waals surface area contributed by atoms with E-state index in [1.165, 1.54) is 6.07 Å². The Balaban J connectivity index is 1.99. The van der Waals surface area contributed by atoms with Crippen LogP contribution < -0.4 is 0 Å². The fourth-order valence-corrected chi connectivity index (χ4v) is 2.65. The van der Waals surface area contributed by atoms with Crippen LogP contribution in [0, 0.1) is 20.7 Å². The molecule has 4 rings (SSSR count). The number of pyridine rings is 2. The van der Waals surface area contributed by atoms with E-state index in [0.717, 1.165) is 33.2 Å². The lowest BCUT2D eigenvalue weighted by molar-refractivity contribution is 0.653. The van der Waals surface area contributed by atoms with Crippen LogP contribution in [-0.2, 0) is 0 Å². The van der Waals surface area contributed by atoms with E-state index in [1.807, 2.05) is 44.3 Å². The second-order valence-corrected chi connectivity index (χ2v) is 5.49. The predicted molar refractivity (Wildman–Crippen MR) is 89.0 cm³/mol. The Hall–Kier alpha value is -2.68. The van der Waals surface area contributed by atoms with Gasteiger partial charge in [0.1, 0.15) is 5.58 Å². The number of fused-ring (bicyclic) bond motifs is 3. The van der Waals surface area contributed by atoms with Gasteiger partial charge in [-0.3, -0.25) is 4.98 Å². The molecule has 0 unspecified atom stereocenters. The molecule has 0 aliphatic rings. The average Bonchev–Trinajstić information content (AvgIpc) is 2.94. The maximum absolute atomic E-state index is 7.52. The summed E-state index contributed by atoms with van der Waals surface area (Å²) >= 11 is 0. The number of nitrogens with zero attached hydrogens (tertiary/aromatic N) is 2. The molecule has 4 aromatic rings. The van der Waals surface area contributed by atoms with Gasteiger partial charge in [0, 0.05) is 32.3 Å². The summed E-state index contributed by atoms with van der Waals surface area (Å²) in [4.78, 5) is 8.72. The minimum absolute atomic E-state index is 0.0323. The number of rotatable bonds is 1. The highest BCUT2D eigenvalue weighted by Gasteiger charge is 2.14. The molecule has 3 heteroatoms. The fourth-order valence-electron chi connectivity index (χ4n) is 2.65. The van der Waals surface area contributed by atoms with E-state index >= 15 is 0 Å². The molecule has 0 aliphatic heterocycles. The van der Waals surface area contributed by atoms with Crippen LogP contribution in [0.2, 0.25) is 0 Å². The van der Waals surface area contributed by atoms with E-state index in [2.05, 4.69) is 9.97 Å². The second kappa shape index (κ2) is 4.67. The second-order valence-electron chi connectivity index (χ2n) is 5.49. The largest absolute Gasteiger partial charge is 0.437 e. The summed E-state index contributed by atoms with van der Waals surface area (Å²) in [5.41, 5.74) is 5.01. The molecule has 1 aromatic carbocycles. The number of aryl methyl sites for hydroxylation is 3. The molecule has 3 nitrogen and oxygen atoms in total. The van der Waals surface area contributed by atoms with Crippen LogP contribution in [0.25, 0.3) is 33.3 Å². The zero-order chi connectivity index (χ0) is 17.8. The third kappa shape index (κ3) is 1.90. The van der Waals surface area contributed by atoms with Crippen molar-refractivity contribution >= 4 is 22.1 Å². The van der Waals surface area contributed by atoms with Gasteiger partial charge in [0.25, 0.3) is 0 Å². The minimum atomic E-state index is -2.26. The highest BCUT2D eigenvalue weighted by Crippen LogP contribution is 2.34. The quantitative estimate of drug-likeness (QED) is 0.497. The Kier molecular flexibility index (Phi) is 2.15. The van der Waals surface area contributed by atoms with E-state index in [-0.39, 0.29) is 5.69 Å². The van der Waals surface area contributed by atoms with E-state index < -0.39 is 6.85 Å². The van der Waals surface area contributed by atoms with Gasteiger partial charge in [-0.25, -0.2) is 4.98 Å². The Morgan fingerprint density at radius 2 is 1.95 bits per heavy atom. The molecular formula is C19H16N2O. The van der Waals surface area contributed by atoms with Gasteiger partial charge in [-0.05, 0) is 56.1 Å². The molecule has 0 saturated heterocycles. The molecule has 0 N–H and O–H groups in total. The van der Waals surface area contributed by atoms with Gasteiger partial charge in [-0.15, -0.1) is 0 Å². The lowest BCUT2D eigenvalue weighted by Gasteiger charge is -2.05. The lowest BCUT2D eigenvalue weighted by atomic mass is 10.0. The van der Waals surface area contributed by atoms with Crippen LogP contribution in [0.5, 0.6) is 0 Å². The summed E-state index contributed by atoms with van der Waals surface area (Å²) in [5.74, 6) is 0. The van der Waals surface area contributed by atoms with Crippen LogP contribution in [0.4, 0.5) is 0 Å². The highest BCUT2D eigenvalue weighted by molar-refractivity contribution is 6.08. The molecule has 0 fully saturated rings. The standard InChI is InChI=1S/C19H16N2O/c1-11-9-17(20-10-12(11)2)16-6-4-5-14-15-8-7-13(3)21-19(15)22-18(14)16/h4-10H,1-3H3/i3D3. The van der Waals surface area contributed by atoms with Crippen LogP contribution in [0.15, 0.2) is 47.0 Å². The number of hydrogen-bond donors (Lipinski definition) is 0. The average molecular weight is 291 g/mol. The number of para-hydroxylation sites is 1. The minimum Gasteiger partial charge on any atom is -0.437 e. The number of hydrogen-bond acceptors (Lipinski definition) is 3. The maximum atomic E-state index is 7.52. The summed E-state index contributed by atoms with van der Waals surface area (Å²) in [6, 6.07) is 11.2. The van der Waals surface area contributed by atoms with E-state index in [0.29, 0.717) is 11.3 Å². The van der Waals surface area contributed by atoms with Gasteiger partial charge in [-0.2, -0.15) is 0 Å². The summed E-state index contributed by atoms with van der Waals surface area (Å²) in [5, 5.41) is 1.70. The topological polar surface area (TPSA) is 38.9 Å². The van der Waals surface area contributed by atoms with E-state index in [9.17, 15) is 0 Å². The fraction of sp³-hybridized carbons (Fsp3) is 0.158. The first kappa shape index (κ1) is 10.1. The third-order valence-electron chi connectivity index (χ3n) is 4.01. The zero-order valence-corrected chi connectivity index (χ0v) is 12.3. The summed E-state index contributed by atoms with van der Waals surface area (Å²) in [6.07, 6.45) is 1.84. The molecule has 0 radical (unpaired) electrons. The molecule has 0 spiro atoms. The molecule has 0 amide bonds. The lowest BCUT2D eigenvalue weighted by Crippen LogP contribution is -1.88. The molecule has 3 heterocycles. The monoisotopic (exact) mass is 291 g/mol. The van der Waals surface area contributed by atoms with Crippen molar-refractivity contribution in [2.45, 2.75) is 20.7 Å². The van der Waals surface area contributed by atoms with Crippen molar-refractivity contribution in [1.82, 2.24) is 9.97 Å². The van der Waals surface area contributed by atoms with Crippen molar-refractivity contribution in [2.24, 2.45) is 0 Å². The van der Waals surface area contributed by atoms with E-state index in [4.69, 9.17) is 8.53 Å². The highest BCUT2D eigenvalue weighted by atomic mass is 16.3. The van der Waals surface area contributed by atoms with Crippen LogP contribution in [-0.4, -0.2) is 9.97 Å². The van der Waals surface area contributed by atoms with Crippen LogP contribution in [0.3, 0.4) is 0 Å². The summed E-state index contributed by atoms with van der Waals surface area (Å²) < 4.78 is 28.5. The Morgan fingerprint density at radius 1 is 1.05 bits per heavy atom. The predicted octanol–water partition coefficient (Wildman–Crippen LogP) is 4.97. The Bertz CT molecular complexity index is 1110. The first-order chi connectivity index (χ1) is 11.8. The van der Waals surface area contributed by atoms with Crippen LogP contribution >= 0.6 is 0 Å². The van der Waals surface area contributed by atoms with Crippen molar-refractivity contribution in [1.29, 1.82) is 0 Å². The van der Waals surface area contributed by atoms with Crippen molar-refractivity contribution in [3.63, 3.8) is 0 Å². The van der Waals surface area contributed by atoms with Gasteiger partial charge in [0.05, 0.1) is 5.69 Å². The van der Waals surface area contributed by atoms with Gasteiger partial charge >= 0.3 is 0 Å². The molecule has 108 valence electrons. The summed E-state index contributed by atoms with van der Waals surface area (Å²) in [7, 11) is 0. The number of furan rings is 1. The molecule has 0 saturated carbocycles. The number of aromatic nitrogens is 2. The normalized spacial score (nSPS) is 14.0. The molecule has 3 aromatic heterocycles. The van der Waals surface area contributed by atoms with Gasteiger partial charge in [0.15, 0.2) is 0 Å². The first-order valence-electron chi connectivity index (χ1n) is 8.61. The van der Waals surface area contributed by atoms with Crippen molar-refractivity contribution < 1.29 is 8.53 Å². The molecule has 0 atom stereocenters.